The van der Waals surface area contributed by atoms with E-state index in [0.29, 0.717) is 24.1 Å². The highest BCUT2D eigenvalue weighted by molar-refractivity contribution is 5.76. The minimum atomic E-state index is -0.594. The molecule has 1 aliphatic heterocycles. The summed E-state index contributed by atoms with van der Waals surface area (Å²) < 4.78 is 4.97. The van der Waals surface area contributed by atoms with E-state index in [-0.39, 0.29) is 5.91 Å². The van der Waals surface area contributed by atoms with Gasteiger partial charge in [-0.15, -0.1) is 0 Å². The van der Waals surface area contributed by atoms with Gasteiger partial charge in [0.2, 0.25) is 11.8 Å². The van der Waals surface area contributed by atoms with E-state index in [4.69, 9.17) is 4.52 Å². The van der Waals surface area contributed by atoms with E-state index in [9.17, 15) is 4.79 Å². The molecule has 1 aliphatic rings. The topological polar surface area (TPSA) is 80.0 Å². The molecular formula is C14H24N4O2. The maximum absolute atomic E-state index is 12.1. The van der Waals surface area contributed by atoms with E-state index in [0.717, 1.165) is 19.5 Å². The quantitative estimate of drug-likeness (QED) is 0.854. The Balaban J connectivity index is 1.81. The van der Waals surface area contributed by atoms with Gasteiger partial charge in [-0.3, -0.25) is 4.79 Å². The fourth-order valence-corrected chi connectivity index (χ4v) is 2.53. The lowest BCUT2D eigenvalue weighted by Crippen LogP contribution is -2.42. The molecule has 6 heteroatoms. The third-order valence-electron chi connectivity index (χ3n) is 3.78. The molecule has 20 heavy (non-hydrogen) atoms. The Morgan fingerprint density at radius 2 is 2.15 bits per heavy atom. The number of nitrogens with one attached hydrogen (secondary N) is 2. The number of aromatic nitrogens is 2. The summed E-state index contributed by atoms with van der Waals surface area (Å²) in [5, 5.41) is 10.2. The number of carbonyl (C=O) groups is 1. The first-order valence-electron chi connectivity index (χ1n) is 7.30. The summed E-state index contributed by atoms with van der Waals surface area (Å²) in [4.78, 5) is 16.3. The van der Waals surface area contributed by atoms with Crippen LogP contribution < -0.4 is 10.6 Å². The van der Waals surface area contributed by atoms with Crippen LogP contribution in [0, 0.1) is 12.8 Å². The SMILES string of the molecule is Cc1nc(C(C)(C)NC(=O)CCC2CCNCC2)no1. The second-order valence-electron chi connectivity index (χ2n) is 6.04. The fourth-order valence-electron chi connectivity index (χ4n) is 2.53. The standard InChI is InChI=1S/C14H24N4O2/c1-10-16-13(18-20-10)14(2,3)17-12(19)5-4-11-6-8-15-9-7-11/h11,15H,4-9H2,1-3H3,(H,17,19). The average molecular weight is 280 g/mol. The van der Waals surface area contributed by atoms with Gasteiger partial charge in [-0.05, 0) is 52.1 Å². The van der Waals surface area contributed by atoms with E-state index in [1.807, 2.05) is 13.8 Å². The van der Waals surface area contributed by atoms with Crippen molar-refractivity contribution >= 4 is 5.91 Å². The van der Waals surface area contributed by atoms with Gasteiger partial charge in [0.15, 0.2) is 5.82 Å². The first-order valence-corrected chi connectivity index (χ1v) is 7.30. The molecule has 2 rings (SSSR count). The number of nitrogens with zero attached hydrogens (tertiary/aromatic N) is 2. The Labute approximate surface area is 119 Å². The molecule has 1 aromatic rings. The van der Waals surface area contributed by atoms with Crippen LogP contribution in [0.4, 0.5) is 0 Å². The van der Waals surface area contributed by atoms with Crippen molar-refractivity contribution in [2.45, 2.75) is 52.0 Å². The molecule has 6 nitrogen and oxygen atoms in total. The van der Waals surface area contributed by atoms with Crippen molar-refractivity contribution in [3.63, 3.8) is 0 Å². The molecule has 2 N–H and O–H groups in total. The molecule has 0 aromatic carbocycles. The Hall–Kier alpha value is -1.43. The van der Waals surface area contributed by atoms with Crippen LogP contribution in [0.3, 0.4) is 0 Å². The van der Waals surface area contributed by atoms with Gasteiger partial charge in [-0.25, -0.2) is 0 Å². The van der Waals surface area contributed by atoms with Crippen LogP contribution in [-0.2, 0) is 10.3 Å². The molecule has 0 aliphatic carbocycles. The minimum absolute atomic E-state index is 0.0518. The zero-order valence-corrected chi connectivity index (χ0v) is 12.5. The molecule has 1 fully saturated rings. The maximum atomic E-state index is 12.1. The first kappa shape index (κ1) is 15.0. The molecule has 0 unspecified atom stereocenters. The van der Waals surface area contributed by atoms with Crippen molar-refractivity contribution < 1.29 is 9.32 Å². The van der Waals surface area contributed by atoms with Gasteiger partial charge in [0.1, 0.15) is 0 Å². The lowest BCUT2D eigenvalue weighted by Gasteiger charge is -2.25. The fraction of sp³-hybridized carbons (Fsp3) is 0.786. The molecule has 112 valence electrons. The Kier molecular flexibility index (Phi) is 4.75. The molecule has 0 atom stereocenters. The van der Waals surface area contributed by atoms with Gasteiger partial charge in [0.25, 0.3) is 0 Å². The Bertz CT molecular complexity index is 450. The molecule has 1 saturated heterocycles. The van der Waals surface area contributed by atoms with Crippen LogP contribution in [-0.4, -0.2) is 29.1 Å². The van der Waals surface area contributed by atoms with Gasteiger partial charge >= 0.3 is 0 Å². The van der Waals surface area contributed by atoms with E-state index < -0.39 is 5.54 Å². The second-order valence-corrected chi connectivity index (χ2v) is 6.04. The summed E-state index contributed by atoms with van der Waals surface area (Å²) in [6.07, 6.45) is 3.85. The summed E-state index contributed by atoms with van der Waals surface area (Å²) in [5.74, 6) is 1.75. The second kappa shape index (κ2) is 6.35. The number of carbonyl (C=O) groups excluding carboxylic acids is 1. The van der Waals surface area contributed by atoms with E-state index in [2.05, 4.69) is 20.8 Å². The Morgan fingerprint density at radius 1 is 1.45 bits per heavy atom. The van der Waals surface area contributed by atoms with Crippen molar-refractivity contribution in [1.82, 2.24) is 20.8 Å². The maximum Gasteiger partial charge on any atom is 0.223 e. The van der Waals surface area contributed by atoms with Crippen LogP contribution in [0.5, 0.6) is 0 Å². The van der Waals surface area contributed by atoms with Crippen molar-refractivity contribution in [1.29, 1.82) is 0 Å². The predicted octanol–water partition coefficient (Wildman–Crippen LogP) is 1.51. The summed E-state index contributed by atoms with van der Waals surface area (Å²) in [5.41, 5.74) is -0.594. The molecule has 0 radical (unpaired) electrons. The molecule has 1 amide bonds. The van der Waals surface area contributed by atoms with Gasteiger partial charge in [-0.2, -0.15) is 4.98 Å². The highest BCUT2D eigenvalue weighted by atomic mass is 16.5. The first-order chi connectivity index (χ1) is 9.47. The highest BCUT2D eigenvalue weighted by Crippen LogP contribution is 2.20. The zero-order valence-electron chi connectivity index (χ0n) is 12.5. The average Bonchev–Trinajstić information content (AvgIpc) is 2.85. The lowest BCUT2D eigenvalue weighted by molar-refractivity contribution is -0.123. The normalized spacial score (nSPS) is 17.1. The van der Waals surface area contributed by atoms with E-state index in [1.165, 1.54) is 12.8 Å². The van der Waals surface area contributed by atoms with Crippen LogP contribution in [0.15, 0.2) is 4.52 Å². The zero-order chi connectivity index (χ0) is 14.6. The number of hydrogen-bond acceptors (Lipinski definition) is 5. The van der Waals surface area contributed by atoms with Crippen molar-refractivity contribution in [3.05, 3.63) is 11.7 Å². The van der Waals surface area contributed by atoms with E-state index >= 15 is 0 Å². The molecule has 0 bridgehead atoms. The highest BCUT2D eigenvalue weighted by Gasteiger charge is 2.28. The van der Waals surface area contributed by atoms with Crippen LogP contribution >= 0.6 is 0 Å². The number of amides is 1. The van der Waals surface area contributed by atoms with Crippen molar-refractivity contribution in [2.24, 2.45) is 5.92 Å². The summed E-state index contributed by atoms with van der Waals surface area (Å²) in [6.45, 7) is 7.66. The van der Waals surface area contributed by atoms with Crippen molar-refractivity contribution in [3.8, 4) is 0 Å². The van der Waals surface area contributed by atoms with Crippen molar-refractivity contribution in [2.75, 3.05) is 13.1 Å². The number of hydrogen-bond donors (Lipinski definition) is 2. The number of rotatable bonds is 5. The molecule has 2 heterocycles. The Morgan fingerprint density at radius 3 is 2.75 bits per heavy atom. The predicted molar refractivity (Wildman–Crippen MR) is 75.0 cm³/mol. The van der Waals surface area contributed by atoms with Gasteiger partial charge in [0.05, 0.1) is 5.54 Å². The monoisotopic (exact) mass is 280 g/mol. The van der Waals surface area contributed by atoms with Crippen LogP contribution in [0.1, 0.15) is 51.2 Å². The van der Waals surface area contributed by atoms with Crippen LogP contribution in [0.2, 0.25) is 0 Å². The van der Waals surface area contributed by atoms with E-state index in [1.54, 1.807) is 6.92 Å². The van der Waals surface area contributed by atoms with Gasteiger partial charge in [0, 0.05) is 13.3 Å². The largest absolute Gasteiger partial charge is 0.344 e. The van der Waals surface area contributed by atoms with Gasteiger partial charge in [-0.1, -0.05) is 5.16 Å². The number of piperidine rings is 1. The molecular weight excluding hydrogens is 256 g/mol. The summed E-state index contributed by atoms with van der Waals surface area (Å²) >= 11 is 0. The summed E-state index contributed by atoms with van der Waals surface area (Å²) in [6, 6.07) is 0. The molecule has 0 spiro atoms. The summed E-state index contributed by atoms with van der Waals surface area (Å²) in [7, 11) is 0. The third-order valence-corrected chi connectivity index (χ3v) is 3.78. The molecule has 0 saturated carbocycles. The van der Waals surface area contributed by atoms with Crippen LogP contribution in [0.25, 0.3) is 0 Å². The minimum Gasteiger partial charge on any atom is -0.344 e. The van der Waals surface area contributed by atoms with Gasteiger partial charge < -0.3 is 15.2 Å². The lowest BCUT2D eigenvalue weighted by atomic mass is 9.93. The third kappa shape index (κ3) is 4.03. The number of aryl methyl sites for hydroxylation is 1. The molecule has 1 aromatic heterocycles. The smallest absolute Gasteiger partial charge is 0.223 e.